The molecule has 0 heterocycles. The van der Waals surface area contributed by atoms with Gasteiger partial charge in [0, 0.05) is 11.8 Å². The number of rotatable bonds is 2. The van der Waals surface area contributed by atoms with Crippen LogP contribution < -0.4 is 20.9 Å². The average Bonchev–Trinajstić information content (AvgIpc) is 3.41. The third kappa shape index (κ3) is 4.79. The molecule has 2 unspecified atom stereocenters. The van der Waals surface area contributed by atoms with Gasteiger partial charge in [-0.1, -0.05) is 209 Å². The van der Waals surface area contributed by atoms with E-state index in [4.69, 9.17) is 0 Å². The van der Waals surface area contributed by atoms with Crippen molar-refractivity contribution >= 4 is 134 Å². The van der Waals surface area contributed by atoms with E-state index in [1.54, 1.807) is 43.9 Å². The maximum Gasteiger partial charge on any atom is 0.0221 e. The molecule has 0 saturated heterocycles. The standard InChI is InChI=1S/C32H18.C24H12.C10H10.C2H6/c1-2-16-6-10-20-14-22-12-8-18-4-3-17-7-11-21-13-19-9-5-15(1)23-24(16)28(20)32-30(22)26(18)25(17)29(21)31(32)27(19)23;1-2-14-5-6-16-9-11-18-12-10-17-8-7-15-4-3-13(1)19-20(14)22(16)24(18)23(17)21(15)19;1-3-9-5-7-10(4-2)8-6-9;1-2/h1-10,13-14,31-32H,11-12H2;1-12H;3-8H,1-2H2;1-2H3. The van der Waals surface area contributed by atoms with E-state index in [1.807, 2.05) is 50.3 Å². The van der Waals surface area contributed by atoms with Gasteiger partial charge in [-0.05, 0) is 176 Å². The molecule has 0 amide bonds. The van der Waals surface area contributed by atoms with Crippen LogP contribution in [0.2, 0.25) is 0 Å². The molecule has 0 spiro atoms. The van der Waals surface area contributed by atoms with Crippen molar-refractivity contribution in [1.29, 1.82) is 0 Å². The van der Waals surface area contributed by atoms with Crippen molar-refractivity contribution in [2.45, 2.75) is 38.5 Å². The Morgan fingerprint density at radius 1 is 0.353 bits per heavy atom. The van der Waals surface area contributed by atoms with E-state index in [0.29, 0.717) is 11.8 Å². The summed E-state index contributed by atoms with van der Waals surface area (Å²) in [4.78, 5) is 0. The highest BCUT2D eigenvalue weighted by molar-refractivity contribution is 6.44. The maximum absolute atomic E-state index is 3.66. The van der Waals surface area contributed by atoms with Crippen LogP contribution in [0, 0.1) is 0 Å². The molecule has 6 aliphatic carbocycles. The molecule has 12 aromatic carbocycles. The lowest BCUT2D eigenvalue weighted by atomic mass is 9.56. The second-order valence-corrected chi connectivity index (χ2v) is 19.4. The first-order valence-electron chi connectivity index (χ1n) is 24.6. The molecule has 0 heteroatoms. The van der Waals surface area contributed by atoms with Crippen molar-refractivity contribution in [1.82, 2.24) is 0 Å². The Labute approximate surface area is 394 Å². The first-order valence-corrected chi connectivity index (χ1v) is 24.6. The van der Waals surface area contributed by atoms with Crippen LogP contribution in [0.1, 0.15) is 71.9 Å². The summed E-state index contributed by atoms with van der Waals surface area (Å²) < 4.78 is 0. The summed E-state index contributed by atoms with van der Waals surface area (Å²) in [6.45, 7) is 11.3. The lowest BCUT2D eigenvalue weighted by molar-refractivity contribution is 0.734. The Morgan fingerprint density at radius 3 is 0.926 bits per heavy atom. The number of hydrogen-bond donors (Lipinski definition) is 0. The molecule has 6 aliphatic rings. The fourth-order valence-corrected chi connectivity index (χ4v) is 13.8. The first-order chi connectivity index (χ1) is 33.6. The summed E-state index contributed by atoms with van der Waals surface area (Å²) in [7, 11) is 0. The minimum absolute atomic E-state index is 0.458. The molecule has 0 fully saturated rings. The van der Waals surface area contributed by atoms with Gasteiger partial charge in [0.2, 0.25) is 0 Å². The highest BCUT2D eigenvalue weighted by Crippen LogP contribution is 2.62. The summed E-state index contributed by atoms with van der Waals surface area (Å²) in [5.74, 6) is 0.917. The smallest absolute Gasteiger partial charge is 0.0221 e. The summed E-state index contributed by atoms with van der Waals surface area (Å²) in [6.07, 6.45) is 15.7. The van der Waals surface area contributed by atoms with Crippen molar-refractivity contribution in [2.75, 3.05) is 0 Å². The highest BCUT2D eigenvalue weighted by Gasteiger charge is 2.46. The zero-order chi connectivity index (χ0) is 45.1. The minimum Gasteiger partial charge on any atom is -0.0985 e. The van der Waals surface area contributed by atoms with E-state index in [-0.39, 0.29) is 0 Å². The zero-order valence-corrected chi connectivity index (χ0v) is 38.3. The molecule has 12 aromatic rings. The van der Waals surface area contributed by atoms with Crippen molar-refractivity contribution in [3.8, 4) is 0 Å². The lowest BCUT2D eigenvalue weighted by Gasteiger charge is -2.46. The van der Waals surface area contributed by atoms with Gasteiger partial charge in [-0.3, -0.25) is 0 Å². The summed E-state index contributed by atoms with van der Waals surface area (Å²) in [5.41, 5.74) is 14.8. The van der Waals surface area contributed by atoms with E-state index in [0.717, 1.165) is 24.0 Å². The second-order valence-electron chi connectivity index (χ2n) is 19.4. The van der Waals surface area contributed by atoms with Crippen LogP contribution in [0.3, 0.4) is 0 Å². The van der Waals surface area contributed by atoms with Crippen molar-refractivity contribution in [2.24, 2.45) is 0 Å². The van der Waals surface area contributed by atoms with Crippen molar-refractivity contribution in [3.63, 3.8) is 0 Å². The third-order valence-electron chi connectivity index (χ3n) is 16.4. The van der Waals surface area contributed by atoms with Gasteiger partial charge in [0.05, 0.1) is 0 Å². The lowest BCUT2D eigenvalue weighted by Crippen LogP contribution is -2.57. The van der Waals surface area contributed by atoms with Crippen LogP contribution in [-0.4, -0.2) is 0 Å². The molecule has 0 aliphatic heterocycles. The average molecular weight is 863 g/mol. The van der Waals surface area contributed by atoms with E-state index in [2.05, 4.69) is 159 Å². The van der Waals surface area contributed by atoms with Crippen molar-refractivity contribution < 1.29 is 0 Å². The van der Waals surface area contributed by atoms with Crippen LogP contribution in [0.5, 0.6) is 0 Å². The van der Waals surface area contributed by atoms with Gasteiger partial charge >= 0.3 is 0 Å². The second kappa shape index (κ2) is 13.8. The van der Waals surface area contributed by atoms with Gasteiger partial charge in [-0.2, -0.15) is 0 Å². The fraction of sp³-hybridized carbons (Fsp3) is 0.0882. The minimum atomic E-state index is 0.458. The molecule has 0 radical (unpaired) electrons. The molecule has 2 atom stereocenters. The number of benzene rings is 12. The monoisotopic (exact) mass is 862 g/mol. The first kappa shape index (κ1) is 38.1. The molecule has 18 rings (SSSR count). The molecule has 0 bridgehead atoms. The normalized spacial score (nSPS) is 17.0. The Hall–Kier alpha value is -8.06. The summed E-state index contributed by atoms with van der Waals surface area (Å²) in [5, 5.41) is 28.6. The molecule has 0 N–H and O–H groups in total. The number of allylic oxidation sites excluding steroid dienone is 2. The van der Waals surface area contributed by atoms with Crippen molar-refractivity contribution in [3.05, 3.63) is 224 Å². The SMILES string of the molecule is C1=C2CC=c3ccc4c5c3=C2C2c3c1ccc1ccc6ccc7c(c6c31)C2C=5C(=C7)CC=4.C=Cc1ccc(C=C)cc1.CC.c1cc2ccc3ccc4ccc5ccc6ccc1c1c2c3c4c5c61. The predicted molar refractivity (Wildman–Crippen MR) is 296 cm³/mol. The highest BCUT2D eigenvalue weighted by atomic mass is 14.5. The Kier molecular flexibility index (Phi) is 7.70. The molecular formula is C68H46. The quantitative estimate of drug-likeness (QED) is 0.120. The molecule has 0 aromatic heterocycles. The van der Waals surface area contributed by atoms with Crippen LogP contribution >= 0.6 is 0 Å². The van der Waals surface area contributed by atoms with Crippen LogP contribution in [-0.2, 0) is 0 Å². The third-order valence-corrected chi connectivity index (χ3v) is 16.4. The molecular weight excluding hydrogens is 817 g/mol. The molecule has 0 nitrogen and oxygen atoms in total. The van der Waals surface area contributed by atoms with Gasteiger partial charge in [0.15, 0.2) is 0 Å². The Bertz CT molecular complexity index is 4020. The van der Waals surface area contributed by atoms with E-state index < -0.39 is 0 Å². The van der Waals surface area contributed by atoms with Gasteiger partial charge in [-0.25, -0.2) is 0 Å². The zero-order valence-electron chi connectivity index (χ0n) is 38.3. The summed E-state index contributed by atoms with van der Waals surface area (Å²) in [6, 6.07) is 54.3. The maximum atomic E-state index is 3.66. The molecule has 0 saturated carbocycles. The van der Waals surface area contributed by atoms with E-state index >= 15 is 0 Å². The van der Waals surface area contributed by atoms with E-state index in [1.165, 1.54) is 108 Å². The van der Waals surface area contributed by atoms with Crippen LogP contribution in [0.4, 0.5) is 0 Å². The molecule has 318 valence electrons. The van der Waals surface area contributed by atoms with Gasteiger partial charge in [0.25, 0.3) is 0 Å². The van der Waals surface area contributed by atoms with Gasteiger partial charge in [0.1, 0.15) is 0 Å². The Morgan fingerprint density at radius 2 is 0.632 bits per heavy atom. The fourth-order valence-electron chi connectivity index (χ4n) is 13.8. The Balaban J connectivity index is 0.000000103. The van der Waals surface area contributed by atoms with Gasteiger partial charge in [-0.15, -0.1) is 0 Å². The van der Waals surface area contributed by atoms with Crippen LogP contribution in [0.15, 0.2) is 170 Å². The predicted octanol–water partition coefficient (Wildman–Crippen LogP) is 15.3. The van der Waals surface area contributed by atoms with Crippen LogP contribution in [0.25, 0.3) is 134 Å². The topological polar surface area (TPSA) is 0 Å². The molecule has 68 heavy (non-hydrogen) atoms. The van der Waals surface area contributed by atoms with Gasteiger partial charge < -0.3 is 0 Å². The summed E-state index contributed by atoms with van der Waals surface area (Å²) >= 11 is 0. The number of hydrogen-bond acceptors (Lipinski definition) is 0. The van der Waals surface area contributed by atoms with E-state index in [9.17, 15) is 0 Å². The largest absolute Gasteiger partial charge is 0.0985 e.